The number of aromatic nitrogens is 8. The number of tetrazole rings is 2. The number of hydrogen-bond acceptors (Lipinski definition) is 10. The molecule has 0 aromatic carbocycles. The van der Waals surface area contributed by atoms with Crippen LogP contribution in [0.5, 0.6) is 0 Å². The zero-order chi connectivity index (χ0) is 53.7. The largest absolute Gasteiger partial charge is 0.393 e. The van der Waals surface area contributed by atoms with Gasteiger partial charge in [0.05, 0.1) is 18.3 Å². The number of nitrogens with one attached hydrogen (secondary N) is 1. The molecule has 2 heterocycles. The van der Waals surface area contributed by atoms with Crippen LogP contribution in [0.2, 0.25) is 13.3 Å². The predicted molar refractivity (Wildman–Crippen MR) is 302 cm³/mol. The van der Waals surface area contributed by atoms with Gasteiger partial charge < -0.3 is 15.3 Å². The maximum Gasteiger partial charge on any atom is 0.174 e. The fraction of sp³-hybridized carbons (Fsp3) is 0.968. The van der Waals surface area contributed by atoms with E-state index in [-0.39, 0.29) is 40.7 Å². The minimum atomic E-state index is -2.79. The van der Waals surface area contributed by atoms with Gasteiger partial charge in [0.1, 0.15) is 0 Å². The van der Waals surface area contributed by atoms with Crippen molar-refractivity contribution >= 4 is 18.7 Å². The van der Waals surface area contributed by atoms with Gasteiger partial charge in [-0.05, 0) is 97.2 Å². The quantitative estimate of drug-likeness (QED) is 0.0902. The molecule has 6 unspecified atom stereocenters. The number of hydrogen-bond donors (Lipinski definition) is 5. The van der Waals surface area contributed by atoms with E-state index in [9.17, 15) is 20.4 Å². The molecule has 0 bridgehead atoms. The van der Waals surface area contributed by atoms with E-state index in [1.165, 1.54) is 109 Å². The van der Waals surface area contributed by atoms with Crippen LogP contribution >= 0.6 is 0 Å². The molecule has 0 radical (unpaired) electrons. The van der Waals surface area contributed by atoms with Gasteiger partial charge in [0.15, 0.2) is 5.82 Å². The molecule has 5 N–H and O–H groups in total. The minimum Gasteiger partial charge on any atom is -0.393 e. The summed E-state index contributed by atoms with van der Waals surface area (Å²) in [6.45, 7) is 26.7. The Morgan fingerprint density at radius 1 is 0.560 bits per heavy atom. The smallest absolute Gasteiger partial charge is 0.174 e. The fourth-order valence-corrected chi connectivity index (χ4v) is 37.1. The summed E-state index contributed by atoms with van der Waals surface area (Å²) >= 11 is -2.79. The number of aliphatic hydroxyl groups excluding tert-OH is 4. The summed E-state index contributed by atoms with van der Waals surface area (Å²) in [6, 6.07) is 0. The summed E-state index contributed by atoms with van der Waals surface area (Å²) in [4.78, 5) is 0. The summed E-state index contributed by atoms with van der Waals surface area (Å²) in [5.74, 6) is 9.28. The molecule has 426 valence electrons. The first-order valence-electron chi connectivity index (χ1n) is 32.1. The van der Waals surface area contributed by atoms with Gasteiger partial charge in [0.25, 0.3) is 0 Å². The number of fused-ring (bicyclic) bond motifs is 10. The molecule has 0 saturated heterocycles. The van der Waals surface area contributed by atoms with Crippen LogP contribution in [0.15, 0.2) is 0 Å². The van der Waals surface area contributed by atoms with E-state index in [1.807, 2.05) is 0 Å². The Kier molecular flexibility index (Phi) is 18.5. The molecule has 0 amide bonds. The van der Waals surface area contributed by atoms with Gasteiger partial charge >= 0.3 is 264 Å². The number of aliphatic hydroxyl groups is 4. The third kappa shape index (κ3) is 10.5. The number of nitrogens with zero attached hydrogens (tertiary/aromatic N) is 7. The van der Waals surface area contributed by atoms with Gasteiger partial charge in [0.2, 0.25) is 0 Å². The molecule has 8 saturated carbocycles. The first-order valence-corrected chi connectivity index (χ1v) is 39.4. The van der Waals surface area contributed by atoms with Crippen molar-refractivity contribution in [3.8, 4) is 0 Å². The summed E-state index contributed by atoms with van der Waals surface area (Å²) in [7, 11) is 0. The van der Waals surface area contributed by atoms with Crippen LogP contribution < -0.4 is 0 Å². The fourth-order valence-electron chi connectivity index (χ4n) is 21.9. The van der Waals surface area contributed by atoms with Gasteiger partial charge in [-0.15, -0.1) is 10.2 Å². The van der Waals surface area contributed by atoms with E-state index < -0.39 is 18.7 Å². The number of rotatable bonds is 18. The Morgan fingerprint density at radius 2 is 1.00 bits per heavy atom. The van der Waals surface area contributed by atoms with Gasteiger partial charge in [0, 0.05) is 6.42 Å². The van der Waals surface area contributed by atoms with E-state index in [4.69, 9.17) is 10.3 Å². The van der Waals surface area contributed by atoms with Crippen LogP contribution in [-0.4, -0.2) is 103 Å². The van der Waals surface area contributed by atoms with Crippen molar-refractivity contribution in [3.05, 3.63) is 11.6 Å². The van der Waals surface area contributed by atoms with Crippen molar-refractivity contribution in [2.75, 3.05) is 0 Å². The number of unbranched alkanes of at least 4 members (excludes halogenated alkanes) is 3. The molecule has 75 heavy (non-hydrogen) atoms. The first kappa shape index (κ1) is 58.4. The maximum absolute atomic E-state index is 12.1. The van der Waals surface area contributed by atoms with Crippen molar-refractivity contribution in [2.24, 2.45) is 105 Å². The molecule has 8 aliphatic rings. The van der Waals surface area contributed by atoms with Gasteiger partial charge in [-0.25, -0.2) is 0 Å². The Bertz CT molecular complexity index is 2110. The molecule has 0 spiro atoms. The summed E-state index contributed by atoms with van der Waals surface area (Å²) in [5.41, 5.74) is 1.12. The van der Waals surface area contributed by atoms with E-state index in [2.05, 4.69) is 105 Å². The molecule has 8 aliphatic carbocycles. The van der Waals surface area contributed by atoms with Crippen molar-refractivity contribution in [1.29, 1.82) is 0 Å². The van der Waals surface area contributed by atoms with E-state index in [1.54, 1.807) is 0 Å². The average molecular weight is 1150 g/mol. The molecule has 12 nitrogen and oxygen atoms in total. The second-order valence-electron chi connectivity index (χ2n) is 29.0. The van der Waals surface area contributed by atoms with Crippen LogP contribution in [0.25, 0.3) is 0 Å². The summed E-state index contributed by atoms with van der Waals surface area (Å²) in [5, 5.41) is 73.8. The van der Waals surface area contributed by atoms with E-state index in [0.29, 0.717) is 88.3 Å². The Morgan fingerprint density at radius 3 is 1.43 bits per heavy atom. The third-order valence-electron chi connectivity index (χ3n) is 25.7. The van der Waals surface area contributed by atoms with Crippen LogP contribution in [0.3, 0.4) is 0 Å². The normalized spacial score (nSPS) is 44.0. The van der Waals surface area contributed by atoms with Gasteiger partial charge in [-0.2, -0.15) is 5.21 Å². The van der Waals surface area contributed by atoms with Crippen molar-refractivity contribution < 1.29 is 20.4 Å². The van der Waals surface area contributed by atoms with Gasteiger partial charge in [-0.3, -0.25) is 0 Å². The van der Waals surface area contributed by atoms with E-state index in [0.717, 1.165) is 70.0 Å². The number of aromatic amines is 1. The Balaban J connectivity index is 0.000000195. The zero-order valence-electron chi connectivity index (χ0n) is 49.4. The number of H-pyrrole nitrogens is 1. The van der Waals surface area contributed by atoms with Crippen LogP contribution in [0, 0.1) is 105 Å². The molecule has 10 rings (SSSR count). The van der Waals surface area contributed by atoms with Crippen LogP contribution in [0.1, 0.15) is 229 Å². The topological polar surface area (TPSA) is 179 Å². The standard InChI is InChI=1S/C25H42N4O2.C25H41N4O2.3C4H9.Sn/c2*1-5-16-20-13-15(30)8-10-25(20,4)19-9-11-24(3)17(6-7-18(24)22(19)23(16)31)14(2)12-21-26-28-29-27-21;3*1-3-4-2;/h14-20,22-23,30-31H,5-13H2,1-4H3,(H,26,27,28,29);14-20,22-23,30-31H,5-13H2,1-4H3;3*1,3-4H2,2H3;/q;-1;;;;+1/t2*14-,15-,16-,17-,18?,19?,20+,22?,23-,24-,25-;;;;/m11..../s1. The summed E-state index contributed by atoms with van der Waals surface area (Å²) < 4.78 is 6.69. The molecule has 22 atom stereocenters. The molecule has 13 heteroatoms. The van der Waals surface area contributed by atoms with Crippen molar-refractivity contribution in [2.45, 2.75) is 268 Å². The minimum absolute atomic E-state index is 0.174. The first-order chi connectivity index (χ1) is 35.9. The Hall–Kier alpha value is -1.22. The van der Waals surface area contributed by atoms with E-state index >= 15 is 0 Å². The second-order valence-corrected chi connectivity index (χ2v) is 41.5. The summed E-state index contributed by atoms with van der Waals surface area (Å²) in [6.07, 6.45) is 27.0. The third-order valence-corrected chi connectivity index (χ3v) is 40.2. The average Bonchev–Trinajstić information content (AvgIpc) is 4.22. The monoisotopic (exact) mass is 1150 g/mol. The zero-order valence-corrected chi connectivity index (χ0v) is 52.3. The molecule has 2 aromatic heterocycles. The molecule has 8 fully saturated rings. The Labute approximate surface area is 459 Å². The second kappa shape index (κ2) is 23.7. The molecule has 0 aliphatic heterocycles. The molecule has 2 aromatic rings. The van der Waals surface area contributed by atoms with Gasteiger partial charge in [-0.1, -0.05) is 39.3 Å². The molecular weight excluding hydrogens is 1040 g/mol. The SMILES string of the molecule is CCC[CH2][Sn]([CH2]CCC)([CH2]CCC)[n]1nnnc1C[C@@H](C)[C@H]1CCC2C3C(CC[C@@]21C)[C@@]1(C)CC[C@@H](O)C[C@H]1[C@@H](CC)[C@H]3O.CC[C@H]1[C@@H](O)C2C3CC[C@H]([C@H](C)Cc4nn[nH]n4)[C@@]3(C)CCC2[C@@]2(C)CC[C@@H](O)C[C@@H]12. The maximum atomic E-state index is 12.1. The van der Waals surface area contributed by atoms with Crippen molar-refractivity contribution in [3.63, 3.8) is 0 Å². The molecular formula is C62H110N8O4Sn. The van der Waals surface area contributed by atoms with Crippen molar-refractivity contribution in [1.82, 2.24) is 39.1 Å². The van der Waals surface area contributed by atoms with Crippen LogP contribution in [-0.2, 0) is 12.8 Å². The van der Waals surface area contributed by atoms with Crippen LogP contribution in [0.4, 0.5) is 0 Å². The predicted octanol–water partition coefficient (Wildman–Crippen LogP) is 12.7.